The fourth-order valence-corrected chi connectivity index (χ4v) is 5.61. The van der Waals surface area contributed by atoms with Gasteiger partial charge >= 0.3 is 5.97 Å². The molecule has 2 N–H and O–H groups in total. The van der Waals surface area contributed by atoms with Crippen LogP contribution < -0.4 is 5.32 Å². The topological polar surface area (TPSA) is 84.2 Å². The van der Waals surface area contributed by atoms with Crippen molar-refractivity contribution in [1.29, 1.82) is 0 Å². The molecule has 36 heavy (non-hydrogen) atoms. The standard InChI is InChI=1S/C29H32FN3O3/c1-18(2)14-27-32-22-16-20(30)8-11-24(22)33(27)21-9-6-19(7-10-21)15-23(28(35)36)31-25-17-26(34)29(25)12-4-3-5-13-29/h6-11,16-18,23,31H,3-5,12-15H2,1-2H3,(H,35,36)/t23-/m0/s1. The lowest BCUT2D eigenvalue weighted by molar-refractivity contribution is -0.140. The summed E-state index contributed by atoms with van der Waals surface area (Å²) in [5.41, 5.74) is 3.52. The van der Waals surface area contributed by atoms with Gasteiger partial charge in [-0.15, -0.1) is 0 Å². The first kappa shape index (κ1) is 24.2. The number of aromatic nitrogens is 2. The van der Waals surface area contributed by atoms with E-state index in [9.17, 15) is 19.1 Å². The second kappa shape index (κ2) is 9.52. The molecule has 2 aliphatic rings. The summed E-state index contributed by atoms with van der Waals surface area (Å²) in [6, 6.07) is 11.6. The van der Waals surface area contributed by atoms with Crippen molar-refractivity contribution < 1.29 is 19.1 Å². The molecule has 0 bridgehead atoms. The van der Waals surface area contributed by atoms with E-state index in [1.807, 2.05) is 28.8 Å². The third kappa shape index (κ3) is 4.43. The number of hydrogen-bond donors (Lipinski definition) is 2. The van der Waals surface area contributed by atoms with Crippen LogP contribution in [0.5, 0.6) is 0 Å². The molecule has 6 nitrogen and oxygen atoms in total. The minimum atomic E-state index is -0.938. The Kier molecular flexibility index (Phi) is 6.41. The maximum atomic E-state index is 13.8. The van der Waals surface area contributed by atoms with Crippen LogP contribution in [0.15, 0.2) is 54.2 Å². The summed E-state index contributed by atoms with van der Waals surface area (Å²) >= 11 is 0. The van der Waals surface area contributed by atoms with Crippen LogP contribution in [0.25, 0.3) is 16.7 Å². The first-order valence-electron chi connectivity index (χ1n) is 12.8. The van der Waals surface area contributed by atoms with Crippen LogP contribution >= 0.6 is 0 Å². The summed E-state index contributed by atoms with van der Waals surface area (Å²) in [4.78, 5) is 29.2. The lowest BCUT2D eigenvalue weighted by atomic mass is 9.62. The summed E-state index contributed by atoms with van der Waals surface area (Å²) in [5.74, 6) is 0.120. The van der Waals surface area contributed by atoms with Gasteiger partial charge in [0, 0.05) is 36.4 Å². The number of allylic oxidation sites excluding steroid dienone is 2. The van der Waals surface area contributed by atoms with Crippen molar-refractivity contribution in [3.8, 4) is 5.69 Å². The predicted molar refractivity (Wildman–Crippen MR) is 136 cm³/mol. The molecule has 1 fully saturated rings. The third-order valence-corrected chi connectivity index (χ3v) is 7.51. The third-order valence-electron chi connectivity index (χ3n) is 7.51. The van der Waals surface area contributed by atoms with E-state index in [-0.39, 0.29) is 11.6 Å². The average molecular weight is 490 g/mol. The first-order chi connectivity index (χ1) is 17.3. The van der Waals surface area contributed by atoms with Crippen LogP contribution in [0.3, 0.4) is 0 Å². The largest absolute Gasteiger partial charge is 0.480 e. The molecular formula is C29H32FN3O3. The van der Waals surface area contributed by atoms with Gasteiger partial charge in [0.2, 0.25) is 0 Å². The highest BCUT2D eigenvalue weighted by Gasteiger charge is 2.49. The molecule has 2 aromatic carbocycles. The van der Waals surface area contributed by atoms with Crippen molar-refractivity contribution in [2.75, 3.05) is 0 Å². The predicted octanol–water partition coefficient (Wildman–Crippen LogP) is 5.37. The fraction of sp³-hybridized carbons (Fsp3) is 0.414. The Morgan fingerprint density at radius 1 is 1.11 bits per heavy atom. The minimum absolute atomic E-state index is 0.128. The lowest BCUT2D eigenvalue weighted by Crippen LogP contribution is -2.51. The molecule has 0 radical (unpaired) electrons. The number of aliphatic carboxylic acids is 1. The van der Waals surface area contributed by atoms with Gasteiger partial charge < -0.3 is 10.4 Å². The molecule has 7 heteroatoms. The number of fused-ring (bicyclic) bond motifs is 1. The number of nitrogens with one attached hydrogen (secondary N) is 1. The molecule has 1 heterocycles. The van der Waals surface area contributed by atoms with Crippen LogP contribution in [0, 0.1) is 17.2 Å². The molecule has 1 atom stereocenters. The number of carboxylic acid groups (broad SMARTS) is 1. The molecule has 2 aliphatic carbocycles. The molecule has 1 spiro atoms. The van der Waals surface area contributed by atoms with E-state index in [4.69, 9.17) is 0 Å². The maximum absolute atomic E-state index is 13.8. The molecular weight excluding hydrogens is 457 g/mol. The zero-order valence-corrected chi connectivity index (χ0v) is 20.8. The Hall–Kier alpha value is -3.48. The van der Waals surface area contributed by atoms with Crippen LogP contribution in [0.2, 0.25) is 0 Å². The minimum Gasteiger partial charge on any atom is -0.480 e. The van der Waals surface area contributed by atoms with Gasteiger partial charge in [0.25, 0.3) is 0 Å². The SMILES string of the molecule is CC(C)Cc1nc2cc(F)ccc2n1-c1ccc(C[C@H](NC2=CC(=O)C23CCCCC3)C(=O)O)cc1. The Balaban J connectivity index is 1.38. The molecule has 0 amide bonds. The number of hydrogen-bond acceptors (Lipinski definition) is 4. The highest BCUT2D eigenvalue weighted by atomic mass is 19.1. The van der Waals surface area contributed by atoms with Crippen molar-refractivity contribution in [2.45, 2.75) is 64.8 Å². The molecule has 0 aliphatic heterocycles. The van der Waals surface area contributed by atoms with E-state index in [2.05, 4.69) is 24.1 Å². The van der Waals surface area contributed by atoms with Gasteiger partial charge in [0.15, 0.2) is 5.78 Å². The highest BCUT2D eigenvalue weighted by Crippen LogP contribution is 2.48. The number of ketones is 1. The van der Waals surface area contributed by atoms with Crippen molar-refractivity contribution in [2.24, 2.45) is 11.3 Å². The van der Waals surface area contributed by atoms with Crippen molar-refractivity contribution >= 4 is 22.8 Å². The van der Waals surface area contributed by atoms with E-state index >= 15 is 0 Å². The Morgan fingerprint density at radius 3 is 2.47 bits per heavy atom. The van der Waals surface area contributed by atoms with Gasteiger partial charge in [0.1, 0.15) is 17.7 Å². The van der Waals surface area contributed by atoms with E-state index in [0.29, 0.717) is 17.9 Å². The first-order valence-corrected chi connectivity index (χ1v) is 12.8. The van der Waals surface area contributed by atoms with Gasteiger partial charge in [-0.1, -0.05) is 45.2 Å². The summed E-state index contributed by atoms with van der Waals surface area (Å²) < 4.78 is 15.9. The Morgan fingerprint density at radius 2 is 1.83 bits per heavy atom. The van der Waals surface area contributed by atoms with Gasteiger partial charge in [0.05, 0.1) is 16.4 Å². The summed E-state index contributed by atoms with van der Waals surface area (Å²) in [6.45, 7) is 4.24. The molecule has 0 saturated heterocycles. The number of nitrogens with zero attached hydrogens (tertiary/aromatic N) is 2. The number of carbonyl (C=O) groups is 2. The quantitative estimate of drug-likeness (QED) is 0.445. The second-order valence-corrected chi connectivity index (χ2v) is 10.6. The van der Waals surface area contributed by atoms with Gasteiger partial charge in [-0.05, 0) is 48.6 Å². The normalized spacial score (nSPS) is 17.8. The van der Waals surface area contributed by atoms with Gasteiger partial charge in [-0.2, -0.15) is 0 Å². The molecule has 3 aromatic rings. The second-order valence-electron chi connectivity index (χ2n) is 10.6. The van der Waals surface area contributed by atoms with Crippen LogP contribution in [0.1, 0.15) is 57.3 Å². The fourth-order valence-electron chi connectivity index (χ4n) is 5.61. The zero-order chi connectivity index (χ0) is 25.4. The molecule has 5 rings (SSSR count). The molecule has 0 unspecified atom stereocenters. The summed E-state index contributed by atoms with van der Waals surface area (Å²) in [6.07, 6.45) is 7.34. The number of benzene rings is 2. The lowest BCUT2D eigenvalue weighted by Gasteiger charge is -2.44. The smallest absolute Gasteiger partial charge is 0.326 e. The van der Waals surface area contributed by atoms with E-state index in [1.165, 1.54) is 12.1 Å². The number of carbonyl (C=O) groups excluding carboxylic acids is 1. The Bertz CT molecular complexity index is 1330. The van der Waals surface area contributed by atoms with Gasteiger partial charge in [-0.25, -0.2) is 14.2 Å². The van der Waals surface area contributed by atoms with Crippen LogP contribution in [0.4, 0.5) is 4.39 Å². The summed E-state index contributed by atoms with van der Waals surface area (Å²) in [7, 11) is 0. The maximum Gasteiger partial charge on any atom is 0.326 e. The molecule has 1 aromatic heterocycles. The van der Waals surface area contributed by atoms with E-state index in [1.54, 1.807) is 12.1 Å². The number of carboxylic acids is 1. The van der Waals surface area contributed by atoms with E-state index in [0.717, 1.165) is 66.8 Å². The van der Waals surface area contributed by atoms with Crippen molar-refractivity contribution in [1.82, 2.24) is 14.9 Å². The van der Waals surface area contributed by atoms with Crippen LogP contribution in [-0.4, -0.2) is 32.5 Å². The number of imidazole rings is 1. The van der Waals surface area contributed by atoms with Gasteiger partial charge in [-0.3, -0.25) is 9.36 Å². The zero-order valence-electron chi connectivity index (χ0n) is 20.8. The summed E-state index contributed by atoms with van der Waals surface area (Å²) in [5, 5.41) is 13.1. The van der Waals surface area contributed by atoms with Crippen LogP contribution in [-0.2, 0) is 22.4 Å². The highest BCUT2D eigenvalue weighted by molar-refractivity contribution is 6.05. The molecule has 1 saturated carbocycles. The Labute approximate surface area is 210 Å². The average Bonchev–Trinajstić information content (AvgIpc) is 3.20. The monoisotopic (exact) mass is 489 g/mol. The van der Waals surface area contributed by atoms with Crippen molar-refractivity contribution in [3.05, 3.63) is 71.4 Å². The van der Waals surface area contributed by atoms with E-state index < -0.39 is 17.4 Å². The molecule has 188 valence electrons. The van der Waals surface area contributed by atoms with Crippen molar-refractivity contribution in [3.63, 3.8) is 0 Å². The number of halogens is 1. The number of rotatable bonds is 8.